The molecule has 1 saturated heterocycles. The van der Waals surface area contributed by atoms with Crippen LogP contribution in [0.5, 0.6) is 0 Å². The predicted molar refractivity (Wildman–Crippen MR) is 82.6 cm³/mol. The van der Waals surface area contributed by atoms with Crippen LogP contribution in [-0.2, 0) is 16.1 Å². The van der Waals surface area contributed by atoms with E-state index in [9.17, 15) is 9.59 Å². The van der Waals surface area contributed by atoms with E-state index >= 15 is 0 Å². The third-order valence-corrected chi connectivity index (χ3v) is 4.36. The molecule has 1 unspecified atom stereocenters. The molecule has 0 spiro atoms. The minimum atomic E-state index is -0.941. The molecular formula is C17H23NO4. The number of aromatic carboxylic acids is 1. The van der Waals surface area contributed by atoms with Crippen molar-refractivity contribution in [1.29, 1.82) is 0 Å². The number of hydrogen-bond acceptors (Lipinski definition) is 3. The zero-order chi connectivity index (χ0) is 16.1. The Bertz CT molecular complexity index is 520. The van der Waals surface area contributed by atoms with Gasteiger partial charge in [-0.05, 0) is 36.5 Å². The summed E-state index contributed by atoms with van der Waals surface area (Å²) in [6.07, 6.45) is 1.88. The van der Waals surface area contributed by atoms with E-state index in [0.717, 1.165) is 31.6 Å². The number of carboxylic acids is 1. The largest absolute Gasteiger partial charge is 0.478 e. The third-order valence-electron chi connectivity index (χ3n) is 4.36. The summed E-state index contributed by atoms with van der Waals surface area (Å²) in [5, 5.41) is 8.89. The Kier molecular flexibility index (Phi) is 5.55. The van der Waals surface area contributed by atoms with Crippen LogP contribution in [0.4, 0.5) is 0 Å². The molecule has 0 aliphatic carbocycles. The third kappa shape index (κ3) is 4.07. The van der Waals surface area contributed by atoms with Crippen LogP contribution >= 0.6 is 0 Å². The Morgan fingerprint density at radius 3 is 2.41 bits per heavy atom. The van der Waals surface area contributed by atoms with Crippen LogP contribution in [0.15, 0.2) is 24.3 Å². The van der Waals surface area contributed by atoms with Gasteiger partial charge in [-0.25, -0.2) is 4.79 Å². The summed E-state index contributed by atoms with van der Waals surface area (Å²) in [6, 6.07) is 6.65. The van der Waals surface area contributed by atoms with Crippen molar-refractivity contribution in [2.45, 2.75) is 26.3 Å². The van der Waals surface area contributed by atoms with Crippen LogP contribution in [0, 0.1) is 11.8 Å². The maximum atomic E-state index is 12.5. The van der Waals surface area contributed by atoms with E-state index in [1.807, 2.05) is 6.92 Å². The molecule has 1 aromatic carbocycles. The minimum Gasteiger partial charge on any atom is -0.478 e. The lowest BCUT2D eigenvalue weighted by Crippen LogP contribution is -2.36. The molecule has 120 valence electrons. The predicted octanol–water partition coefficient (Wildman–Crippen LogP) is 2.41. The van der Waals surface area contributed by atoms with E-state index < -0.39 is 5.97 Å². The van der Waals surface area contributed by atoms with Gasteiger partial charge in [0.05, 0.1) is 5.56 Å². The second-order valence-electron chi connectivity index (χ2n) is 5.93. The Morgan fingerprint density at radius 2 is 1.86 bits per heavy atom. The van der Waals surface area contributed by atoms with Crippen LogP contribution in [0.3, 0.4) is 0 Å². The summed E-state index contributed by atoms with van der Waals surface area (Å²) in [5.41, 5.74) is 1.19. The van der Waals surface area contributed by atoms with E-state index in [0.29, 0.717) is 12.5 Å². The Balaban J connectivity index is 1.93. The molecule has 1 atom stereocenters. The van der Waals surface area contributed by atoms with Gasteiger partial charge in [-0.15, -0.1) is 0 Å². The van der Waals surface area contributed by atoms with Crippen molar-refractivity contribution in [3.05, 3.63) is 35.4 Å². The van der Waals surface area contributed by atoms with Gasteiger partial charge in [0.15, 0.2) is 0 Å². The van der Waals surface area contributed by atoms with Crippen molar-refractivity contribution in [2.24, 2.45) is 11.8 Å². The first-order valence-electron chi connectivity index (χ1n) is 7.64. The van der Waals surface area contributed by atoms with Crippen molar-refractivity contribution >= 4 is 11.9 Å². The molecule has 1 aromatic rings. The van der Waals surface area contributed by atoms with Gasteiger partial charge in [-0.3, -0.25) is 4.79 Å². The van der Waals surface area contributed by atoms with E-state index in [1.165, 1.54) is 0 Å². The highest BCUT2D eigenvalue weighted by atomic mass is 16.5. The molecule has 1 N–H and O–H groups in total. The molecule has 0 bridgehead atoms. The molecule has 2 rings (SSSR count). The summed E-state index contributed by atoms with van der Waals surface area (Å²) in [4.78, 5) is 25.1. The number of carbonyl (C=O) groups excluding carboxylic acids is 1. The highest BCUT2D eigenvalue weighted by Gasteiger charge is 2.27. The molecule has 1 aliphatic heterocycles. The molecule has 5 nitrogen and oxygen atoms in total. The minimum absolute atomic E-state index is 0.00723. The maximum Gasteiger partial charge on any atom is 0.335 e. The van der Waals surface area contributed by atoms with Gasteiger partial charge in [0, 0.05) is 32.7 Å². The van der Waals surface area contributed by atoms with Gasteiger partial charge in [-0.2, -0.15) is 0 Å². The average Bonchev–Trinajstić information content (AvgIpc) is 2.54. The Hall–Kier alpha value is -1.88. The molecule has 1 aliphatic rings. The lowest BCUT2D eigenvalue weighted by Gasteiger charge is -2.30. The molecule has 5 heteroatoms. The van der Waals surface area contributed by atoms with Crippen molar-refractivity contribution in [3.63, 3.8) is 0 Å². The fourth-order valence-electron chi connectivity index (χ4n) is 2.87. The van der Waals surface area contributed by atoms with Gasteiger partial charge in [0.1, 0.15) is 0 Å². The van der Waals surface area contributed by atoms with Gasteiger partial charge in [0.25, 0.3) is 0 Å². The highest BCUT2D eigenvalue weighted by molar-refractivity contribution is 5.87. The smallest absolute Gasteiger partial charge is 0.335 e. The summed E-state index contributed by atoms with van der Waals surface area (Å²) < 4.78 is 5.34. The normalized spacial score (nSPS) is 17.0. The number of amides is 1. The second kappa shape index (κ2) is 7.40. The quantitative estimate of drug-likeness (QED) is 0.907. The molecule has 0 saturated carbocycles. The first-order valence-corrected chi connectivity index (χ1v) is 7.64. The maximum absolute atomic E-state index is 12.5. The van der Waals surface area contributed by atoms with E-state index in [4.69, 9.17) is 9.84 Å². The van der Waals surface area contributed by atoms with Gasteiger partial charge >= 0.3 is 5.97 Å². The number of ether oxygens (including phenoxy) is 1. The summed E-state index contributed by atoms with van der Waals surface area (Å²) in [5.74, 6) is -0.427. The van der Waals surface area contributed by atoms with E-state index in [1.54, 1.807) is 36.2 Å². The number of rotatable bonds is 5. The molecule has 0 radical (unpaired) electrons. The first kappa shape index (κ1) is 16.5. The molecular weight excluding hydrogens is 282 g/mol. The van der Waals surface area contributed by atoms with Crippen LogP contribution in [0.2, 0.25) is 0 Å². The van der Waals surface area contributed by atoms with Crippen LogP contribution < -0.4 is 0 Å². The number of benzene rings is 1. The summed E-state index contributed by atoms with van der Waals surface area (Å²) in [6.45, 7) is 3.96. The van der Waals surface area contributed by atoms with Crippen molar-refractivity contribution in [2.75, 3.05) is 20.3 Å². The Morgan fingerprint density at radius 1 is 1.27 bits per heavy atom. The van der Waals surface area contributed by atoms with E-state index in [2.05, 4.69) is 0 Å². The zero-order valence-electron chi connectivity index (χ0n) is 13.1. The van der Waals surface area contributed by atoms with E-state index in [-0.39, 0.29) is 17.4 Å². The fourth-order valence-corrected chi connectivity index (χ4v) is 2.87. The summed E-state index contributed by atoms with van der Waals surface area (Å²) in [7, 11) is 1.79. The number of hydrogen-bond donors (Lipinski definition) is 1. The molecule has 1 amide bonds. The van der Waals surface area contributed by atoms with Crippen LogP contribution in [0.1, 0.15) is 35.7 Å². The van der Waals surface area contributed by atoms with Crippen LogP contribution in [-0.4, -0.2) is 42.1 Å². The molecule has 1 heterocycles. The average molecular weight is 305 g/mol. The fraction of sp³-hybridized carbons (Fsp3) is 0.529. The lowest BCUT2D eigenvalue weighted by molar-refractivity contribution is -0.137. The molecule has 0 aromatic heterocycles. The van der Waals surface area contributed by atoms with Crippen molar-refractivity contribution < 1.29 is 19.4 Å². The second-order valence-corrected chi connectivity index (χ2v) is 5.93. The summed E-state index contributed by atoms with van der Waals surface area (Å²) >= 11 is 0. The first-order chi connectivity index (χ1) is 10.5. The SMILES string of the molecule is CC(C(=O)N(C)Cc1ccc(C(=O)O)cc1)C1CCOCC1. The number of carboxylic acid groups (broad SMARTS) is 1. The van der Waals surface area contributed by atoms with Crippen LogP contribution in [0.25, 0.3) is 0 Å². The molecule has 22 heavy (non-hydrogen) atoms. The highest BCUT2D eigenvalue weighted by Crippen LogP contribution is 2.25. The van der Waals surface area contributed by atoms with Crippen molar-refractivity contribution in [3.8, 4) is 0 Å². The monoisotopic (exact) mass is 305 g/mol. The molecule has 1 fully saturated rings. The topological polar surface area (TPSA) is 66.8 Å². The lowest BCUT2D eigenvalue weighted by atomic mass is 9.86. The zero-order valence-corrected chi connectivity index (χ0v) is 13.1. The Labute approximate surface area is 130 Å². The number of nitrogens with zero attached hydrogens (tertiary/aromatic N) is 1. The van der Waals surface area contributed by atoms with Gasteiger partial charge < -0.3 is 14.7 Å². The van der Waals surface area contributed by atoms with Gasteiger partial charge in [0.2, 0.25) is 5.91 Å². The number of carbonyl (C=O) groups is 2. The standard InChI is InChI=1S/C17H23NO4/c1-12(14-7-9-22-10-8-14)16(19)18(2)11-13-3-5-15(6-4-13)17(20)21/h3-6,12,14H,7-11H2,1-2H3,(H,20,21). The van der Waals surface area contributed by atoms with Gasteiger partial charge in [-0.1, -0.05) is 19.1 Å². The van der Waals surface area contributed by atoms with Crippen molar-refractivity contribution in [1.82, 2.24) is 4.90 Å².